The van der Waals surface area contributed by atoms with Crippen LogP contribution in [-0.2, 0) is 0 Å². The van der Waals surface area contributed by atoms with Gasteiger partial charge >= 0.3 is 0 Å². The Morgan fingerprint density at radius 1 is 0.190 bits per heavy atom. The van der Waals surface area contributed by atoms with Gasteiger partial charge in [0.15, 0.2) is 0 Å². The zero-order valence-electron chi connectivity index (χ0n) is 30.8. The average Bonchev–Trinajstić information content (AvgIpc) is 4.15. The van der Waals surface area contributed by atoms with Crippen molar-refractivity contribution in [2.45, 2.75) is 0 Å². The number of rotatable bonds is 0. The highest BCUT2D eigenvalue weighted by atomic mass is 15.0. The molecule has 0 aliphatic carbocycles. The van der Waals surface area contributed by atoms with E-state index < -0.39 is 0 Å². The molecule has 262 valence electrons. The molecule has 0 fully saturated rings. The fourth-order valence-electron chi connectivity index (χ4n) is 12.5. The molecule has 0 unspecified atom stereocenters. The number of aromatic nitrogens is 4. The lowest BCUT2D eigenvalue weighted by molar-refractivity contribution is 1.35. The molecule has 0 radical (unpaired) electrons. The number of hydrogen-bond donors (Lipinski definition) is 0. The summed E-state index contributed by atoms with van der Waals surface area (Å²) >= 11 is 0. The monoisotopic (exact) mass is 730 g/mol. The van der Waals surface area contributed by atoms with Crippen molar-refractivity contribution in [1.82, 2.24) is 17.6 Å². The van der Waals surface area contributed by atoms with Crippen LogP contribution in [0.15, 0.2) is 158 Å². The van der Waals surface area contributed by atoms with Crippen LogP contribution in [0.3, 0.4) is 0 Å². The lowest BCUT2D eigenvalue weighted by Crippen LogP contribution is -1.85. The van der Waals surface area contributed by atoms with Gasteiger partial charge in [0.1, 0.15) is 0 Å². The normalized spacial score (nSPS) is 13.5. The standard InChI is InChI=1S/C54H26N4/c1-3-19-39-27(9-1)29-11-5-15-33-47-41(55(39)51(29)33)21-23-43-49(47)35-17-7-13-31-37-26-46-38(25-45(37)57(43)53(31)35)32-14-8-18-36-50-44(58(46)54(32)36)24-22-42-48(50)34-16-6-12-30-28-10-2-4-20-40(28)56(42)52(30)34/h1-26H. The summed E-state index contributed by atoms with van der Waals surface area (Å²) in [7, 11) is 0. The van der Waals surface area contributed by atoms with Gasteiger partial charge in [0.25, 0.3) is 0 Å². The molecule has 17 rings (SSSR count). The lowest BCUT2D eigenvalue weighted by Gasteiger charge is -2.04. The number of nitrogens with zero attached hydrogens (tertiary/aromatic N) is 4. The first-order chi connectivity index (χ1) is 28.8. The molecule has 8 aromatic heterocycles. The Morgan fingerprint density at radius 3 is 0.828 bits per heavy atom. The predicted octanol–water partition coefficient (Wildman–Crippen LogP) is 14.3. The quantitative estimate of drug-likeness (QED) is 0.148. The minimum Gasteiger partial charge on any atom is -0.308 e. The van der Waals surface area contributed by atoms with E-state index in [1.54, 1.807) is 0 Å². The van der Waals surface area contributed by atoms with Crippen LogP contribution < -0.4 is 0 Å². The molecule has 17 aromatic rings. The largest absolute Gasteiger partial charge is 0.308 e. The molecule has 58 heavy (non-hydrogen) atoms. The molecular formula is C54H26N4. The Hall–Kier alpha value is -7.82. The highest BCUT2D eigenvalue weighted by Crippen LogP contribution is 2.50. The Kier molecular flexibility index (Phi) is 4.18. The van der Waals surface area contributed by atoms with Gasteiger partial charge in [-0.05, 0) is 48.5 Å². The Balaban J connectivity index is 1.03. The topological polar surface area (TPSA) is 17.6 Å². The maximum Gasteiger partial charge on any atom is 0.0620 e. The first kappa shape index (κ1) is 27.7. The zero-order chi connectivity index (χ0) is 36.9. The number of hydrogen-bond acceptors (Lipinski definition) is 0. The van der Waals surface area contributed by atoms with Crippen LogP contribution >= 0.6 is 0 Å². The summed E-state index contributed by atoms with van der Waals surface area (Å²) in [5.74, 6) is 0. The smallest absolute Gasteiger partial charge is 0.0620 e. The van der Waals surface area contributed by atoms with Crippen molar-refractivity contribution in [2.75, 3.05) is 0 Å². The van der Waals surface area contributed by atoms with Gasteiger partial charge < -0.3 is 17.6 Å². The van der Waals surface area contributed by atoms with E-state index in [0.29, 0.717) is 0 Å². The number of para-hydroxylation sites is 6. The summed E-state index contributed by atoms with van der Waals surface area (Å²) in [6, 6.07) is 59.8. The fraction of sp³-hybridized carbons (Fsp3) is 0. The number of benzene rings is 9. The van der Waals surface area contributed by atoms with Crippen LogP contribution in [0.25, 0.3) is 152 Å². The van der Waals surface area contributed by atoms with Gasteiger partial charge in [-0.3, -0.25) is 0 Å². The van der Waals surface area contributed by atoms with E-state index in [1.165, 1.54) is 152 Å². The molecule has 0 N–H and O–H groups in total. The second-order valence-corrected chi connectivity index (χ2v) is 16.8. The molecule has 0 spiro atoms. The van der Waals surface area contributed by atoms with Gasteiger partial charge in [0.05, 0.1) is 66.2 Å². The van der Waals surface area contributed by atoms with E-state index in [0.717, 1.165) is 0 Å². The molecule has 0 saturated carbocycles. The van der Waals surface area contributed by atoms with Crippen molar-refractivity contribution >= 4 is 152 Å². The van der Waals surface area contributed by atoms with Crippen molar-refractivity contribution in [3.8, 4) is 0 Å². The first-order valence-electron chi connectivity index (χ1n) is 20.3. The van der Waals surface area contributed by atoms with Crippen LogP contribution in [0.5, 0.6) is 0 Å². The summed E-state index contributed by atoms with van der Waals surface area (Å²) < 4.78 is 10.1. The van der Waals surface area contributed by atoms with Gasteiger partial charge in [-0.2, -0.15) is 0 Å². The maximum absolute atomic E-state index is 2.57. The molecule has 9 aromatic carbocycles. The molecule has 0 bridgehead atoms. The van der Waals surface area contributed by atoms with Gasteiger partial charge in [-0.15, -0.1) is 0 Å². The van der Waals surface area contributed by atoms with Crippen LogP contribution in [-0.4, -0.2) is 17.6 Å². The van der Waals surface area contributed by atoms with Gasteiger partial charge in [-0.25, -0.2) is 0 Å². The van der Waals surface area contributed by atoms with E-state index in [4.69, 9.17) is 0 Å². The summed E-state index contributed by atoms with van der Waals surface area (Å²) in [6.45, 7) is 0. The van der Waals surface area contributed by atoms with Crippen molar-refractivity contribution in [3.05, 3.63) is 158 Å². The molecule has 0 saturated heterocycles. The highest BCUT2D eigenvalue weighted by molar-refractivity contribution is 6.38. The van der Waals surface area contributed by atoms with Crippen molar-refractivity contribution in [3.63, 3.8) is 0 Å². The van der Waals surface area contributed by atoms with E-state index in [1.807, 2.05) is 0 Å². The van der Waals surface area contributed by atoms with Crippen molar-refractivity contribution in [2.24, 2.45) is 0 Å². The van der Waals surface area contributed by atoms with Gasteiger partial charge in [-0.1, -0.05) is 109 Å². The maximum atomic E-state index is 2.57. The minimum absolute atomic E-state index is 1.27. The van der Waals surface area contributed by atoms with Crippen LogP contribution in [0.4, 0.5) is 0 Å². The second-order valence-electron chi connectivity index (χ2n) is 16.8. The minimum atomic E-state index is 1.27. The summed E-state index contributed by atoms with van der Waals surface area (Å²) in [6.07, 6.45) is 0. The summed E-state index contributed by atoms with van der Waals surface area (Å²) in [5, 5.41) is 21.2. The second kappa shape index (κ2) is 8.76. The number of fused-ring (bicyclic) bond motifs is 26. The molecular weight excluding hydrogens is 705 g/mol. The van der Waals surface area contributed by atoms with Gasteiger partial charge in [0.2, 0.25) is 0 Å². The molecule has 4 heteroatoms. The highest BCUT2D eigenvalue weighted by Gasteiger charge is 2.27. The molecule has 0 amide bonds. The van der Waals surface area contributed by atoms with Crippen LogP contribution in [0, 0.1) is 0 Å². The molecule has 4 nitrogen and oxygen atoms in total. The molecule has 8 heterocycles. The van der Waals surface area contributed by atoms with E-state index in [2.05, 4.69) is 175 Å². The van der Waals surface area contributed by atoms with Gasteiger partial charge in [0, 0.05) is 86.2 Å². The van der Waals surface area contributed by atoms with E-state index in [-0.39, 0.29) is 0 Å². The molecule has 0 aliphatic rings. The summed E-state index contributed by atoms with van der Waals surface area (Å²) in [5.41, 5.74) is 15.5. The SMILES string of the molecule is c1ccc2c(c1)c1cccc3c4c5c6cccc7c8cc9c(cc8n(c5ccc4n2c13)c76)c1cccc2c3c4c5cccc6c7ccccc7n(c4ccc3n9c12)c65. The lowest BCUT2D eigenvalue weighted by atomic mass is 10.0. The zero-order valence-corrected chi connectivity index (χ0v) is 30.8. The third-order valence-corrected chi connectivity index (χ3v) is 14.4. The average molecular weight is 731 g/mol. The van der Waals surface area contributed by atoms with E-state index >= 15 is 0 Å². The summed E-state index contributed by atoms with van der Waals surface area (Å²) in [4.78, 5) is 0. The third-order valence-electron chi connectivity index (χ3n) is 14.4. The molecule has 0 atom stereocenters. The molecule has 0 aliphatic heterocycles. The van der Waals surface area contributed by atoms with E-state index in [9.17, 15) is 0 Å². The fourth-order valence-corrected chi connectivity index (χ4v) is 12.5. The Labute approximate surface area is 326 Å². The van der Waals surface area contributed by atoms with Crippen LogP contribution in [0.2, 0.25) is 0 Å². The first-order valence-corrected chi connectivity index (χ1v) is 20.3. The van der Waals surface area contributed by atoms with Crippen molar-refractivity contribution < 1.29 is 0 Å². The predicted molar refractivity (Wildman–Crippen MR) is 245 cm³/mol. The Bertz CT molecular complexity index is 4420. The van der Waals surface area contributed by atoms with Crippen LogP contribution in [0.1, 0.15) is 0 Å². The third kappa shape index (κ3) is 2.68. The Morgan fingerprint density at radius 2 is 0.466 bits per heavy atom. The van der Waals surface area contributed by atoms with Crippen molar-refractivity contribution in [1.29, 1.82) is 0 Å².